The Balaban J connectivity index is 2.07. The third-order valence-corrected chi connectivity index (χ3v) is 2.81. The van der Waals surface area contributed by atoms with Crippen molar-refractivity contribution < 1.29 is 14.3 Å². The molecule has 2 rings (SSSR count). The molecule has 6 heteroatoms. The first-order valence-corrected chi connectivity index (χ1v) is 6.58. The number of nitrogens with zero attached hydrogens (tertiary/aromatic N) is 2. The van der Waals surface area contributed by atoms with Gasteiger partial charge in [0.15, 0.2) is 5.82 Å². The zero-order valence-corrected chi connectivity index (χ0v) is 12.0. The molecule has 0 bridgehead atoms. The number of benzene rings is 1. The molecular weight excluding hydrogens is 270 g/mol. The summed E-state index contributed by atoms with van der Waals surface area (Å²) >= 11 is 0. The summed E-state index contributed by atoms with van der Waals surface area (Å²) in [6.07, 6.45) is 1.36. The second kappa shape index (κ2) is 6.69. The number of para-hydroxylation sites is 1. The van der Waals surface area contributed by atoms with E-state index in [2.05, 4.69) is 9.97 Å². The number of aromatic nitrogens is 2. The predicted molar refractivity (Wildman–Crippen MR) is 77.9 cm³/mol. The maximum absolute atomic E-state index is 11.6. The van der Waals surface area contributed by atoms with Gasteiger partial charge in [-0.3, -0.25) is 0 Å². The van der Waals surface area contributed by atoms with Crippen molar-refractivity contribution in [3.8, 4) is 5.75 Å². The van der Waals surface area contributed by atoms with Gasteiger partial charge in [0.2, 0.25) is 0 Å². The van der Waals surface area contributed by atoms with Crippen LogP contribution in [-0.4, -0.2) is 22.5 Å². The van der Waals surface area contributed by atoms with E-state index in [0.717, 1.165) is 11.3 Å². The molecule has 0 aliphatic heterocycles. The Bertz CT molecular complexity index is 644. The molecule has 6 nitrogen and oxygen atoms in total. The van der Waals surface area contributed by atoms with Crippen molar-refractivity contribution in [1.29, 1.82) is 0 Å². The molecule has 2 aromatic rings. The number of nitrogen functional groups attached to an aromatic ring is 1. The lowest BCUT2D eigenvalue weighted by atomic mass is 10.2. The molecule has 0 unspecified atom stereocenters. The molecule has 0 spiro atoms. The first-order chi connectivity index (χ1) is 10.1. The van der Waals surface area contributed by atoms with E-state index >= 15 is 0 Å². The highest BCUT2D eigenvalue weighted by molar-refractivity contribution is 5.93. The molecule has 110 valence electrons. The summed E-state index contributed by atoms with van der Waals surface area (Å²) in [5, 5.41) is 0. The minimum absolute atomic E-state index is 0.0897. The smallest absolute Gasteiger partial charge is 0.343 e. The number of ether oxygens (including phenoxy) is 2. The fraction of sp³-hybridized carbons (Fsp3) is 0.267. The summed E-state index contributed by atoms with van der Waals surface area (Å²) < 4.78 is 10.5. The topological polar surface area (TPSA) is 87.3 Å². The van der Waals surface area contributed by atoms with Gasteiger partial charge in [0.1, 0.15) is 23.7 Å². The minimum atomic E-state index is -0.527. The third-order valence-electron chi connectivity index (χ3n) is 2.81. The lowest BCUT2D eigenvalue weighted by Crippen LogP contribution is -2.12. The average molecular weight is 287 g/mol. The second-order valence-corrected chi connectivity index (χ2v) is 4.36. The van der Waals surface area contributed by atoms with Crippen molar-refractivity contribution in [1.82, 2.24) is 9.97 Å². The van der Waals surface area contributed by atoms with Crippen LogP contribution in [-0.2, 0) is 11.3 Å². The van der Waals surface area contributed by atoms with Gasteiger partial charge in [0, 0.05) is 6.20 Å². The number of hydrogen-bond acceptors (Lipinski definition) is 6. The van der Waals surface area contributed by atoms with Gasteiger partial charge in [0.25, 0.3) is 0 Å². The lowest BCUT2D eigenvalue weighted by molar-refractivity contribution is 0.0526. The molecule has 0 saturated heterocycles. The largest absolute Gasteiger partial charge is 0.485 e. The maximum Gasteiger partial charge on any atom is 0.343 e. The summed E-state index contributed by atoms with van der Waals surface area (Å²) in [7, 11) is 0. The summed E-state index contributed by atoms with van der Waals surface area (Å²) in [6.45, 7) is 4.13. The van der Waals surface area contributed by atoms with Crippen LogP contribution in [0.15, 0.2) is 30.5 Å². The number of rotatable bonds is 5. The van der Waals surface area contributed by atoms with Gasteiger partial charge in [-0.15, -0.1) is 0 Å². The molecule has 1 heterocycles. The van der Waals surface area contributed by atoms with Gasteiger partial charge in [-0.05, 0) is 25.5 Å². The molecule has 0 saturated carbocycles. The van der Waals surface area contributed by atoms with Gasteiger partial charge >= 0.3 is 5.97 Å². The Hall–Kier alpha value is -2.63. The zero-order valence-electron chi connectivity index (χ0n) is 12.0. The Morgan fingerprint density at radius 1 is 1.33 bits per heavy atom. The van der Waals surface area contributed by atoms with Crippen LogP contribution in [0.4, 0.5) is 5.82 Å². The van der Waals surface area contributed by atoms with E-state index in [1.54, 1.807) is 6.92 Å². The van der Waals surface area contributed by atoms with Crippen LogP contribution in [0.1, 0.15) is 28.7 Å². The Labute approximate surface area is 122 Å². The molecule has 0 radical (unpaired) electrons. The number of aryl methyl sites for hydroxylation is 1. The minimum Gasteiger partial charge on any atom is -0.485 e. The molecule has 1 aromatic carbocycles. The number of esters is 1. The Morgan fingerprint density at radius 2 is 2.10 bits per heavy atom. The van der Waals surface area contributed by atoms with E-state index in [-0.39, 0.29) is 24.6 Å². The molecule has 1 aromatic heterocycles. The van der Waals surface area contributed by atoms with Crippen molar-refractivity contribution >= 4 is 11.8 Å². The van der Waals surface area contributed by atoms with E-state index in [4.69, 9.17) is 15.2 Å². The fourth-order valence-electron chi connectivity index (χ4n) is 1.73. The van der Waals surface area contributed by atoms with Crippen LogP contribution in [0.25, 0.3) is 0 Å². The number of carbonyl (C=O) groups excluding carboxylic acids is 1. The molecule has 0 aliphatic carbocycles. The molecule has 0 amide bonds. The van der Waals surface area contributed by atoms with Crippen molar-refractivity contribution in [2.24, 2.45) is 0 Å². The number of anilines is 1. The summed E-state index contributed by atoms with van der Waals surface area (Å²) in [6, 6.07) is 7.65. The van der Waals surface area contributed by atoms with Crippen LogP contribution in [0.5, 0.6) is 5.75 Å². The van der Waals surface area contributed by atoms with Crippen LogP contribution < -0.4 is 10.5 Å². The highest BCUT2D eigenvalue weighted by atomic mass is 16.5. The van der Waals surface area contributed by atoms with E-state index in [1.807, 2.05) is 31.2 Å². The van der Waals surface area contributed by atoms with Gasteiger partial charge in [0.05, 0.1) is 6.61 Å². The van der Waals surface area contributed by atoms with E-state index in [9.17, 15) is 4.79 Å². The third kappa shape index (κ3) is 3.68. The van der Waals surface area contributed by atoms with Gasteiger partial charge in [-0.2, -0.15) is 0 Å². The average Bonchev–Trinajstić information content (AvgIpc) is 2.46. The van der Waals surface area contributed by atoms with Crippen molar-refractivity contribution in [3.05, 3.63) is 47.4 Å². The van der Waals surface area contributed by atoms with Crippen LogP contribution in [0.3, 0.4) is 0 Å². The monoisotopic (exact) mass is 287 g/mol. The van der Waals surface area contributed by atoms with Crippen molar-refractivity contribution in [3.63, 3.8) is 0 Å². The van der Waals surface area contributed by atoms with E-state index in [1.165, 1.54) is 6.20 Å². The Morgan fingerprint density at radius 3 is 2.76 bits per heavy atom. The van der Waals surface area contributed by atoms with Crippen molar-refractivity contribution in [2.45, 2.75) is 20.5 Å². The van der Waals surface area contributed by atoms with Crippen molar-refractivity contribution in [2.75, 3.05) is 12.3 Å². The lowest BCUT2D eigenvalue weighted by Gasteiger charge is -2.09. The SMILES string of the molecule is CCOC(=O)c1cnc(COc2ccccc2C)nc1N. The molecule has 21 heavy (non-hydrogen) atoms. The summed E-state index contributed by atoms with van der Waals surface area (Å²) in [5.41, 5.74) is 6.93. The van der Waals surface area contributed by atoms with Gasteiger partial charge in [-0.25, -0.2) is 14.8 Å². The number of hydrogen-bond donors (Lipinski definition) is 1. The Kier molecular flexibility index (Phi) is 4.71. The normalized spacial score (nSPS) is 10.2. The molecule has 0 aliphatic rings. The highest BCUT2D eigenvalue weighted by Crippen LogP contribution is 2.17. The summed E-state index contributed by atoms with van der Waals surface area (Å²) in [5.74, 6) is 0.728. The molecule has 0 atom stereocenters. The van der Waals surface area contributed by atoms with E-state index in [0.29, 0.717) is 5.82 Å². The van der Waals surface area contributed by atoms with Gasteiger partial charge in [-0.1, -0.05) is 18.2 Å². The van der Waals surface area contributed by atoms with E-state index < -0.39 is 5.97 Å². The molecular formula is C15H17N3O3. The summed E-state index contributed by atoms with van der Waals surface area (Å²) in [4.78, 5) is 19.7. The molecule has 0 fully saturated rings. The quantitative estimate of drug-likeness (QED) is 0.847. The zero-order chi connectivity index (χ0) is 15.2. The van der Waals surface area contributed by atoms with Gasteiger partial charge < -0.3 is 15.2 Å². The predicted octanol–water partition coefficient (Wildman–Crippen LogP) is 2.12. The highest BCUT2D eigenvalue weighted by Gasteiger charge is 2.13. The standard InChI is InChI=1S/C15H17N3O3/c1-3-20-15(19)11-8-17-13(18-14(11)16)9-21-12-7-5-4-6-10(12)2/h4-8H,3,9H2,1-2H3,(H2,16,17,18). The van der Waals surface area contributed by atoms with Crippen LogP contribution in [0, 0.1) is 6.92 Å². The maximum atomic E-state index is 11.6. The van der Waals surface area contributed by atoms with Crippen LogP contribution >= 0.6 is 0 Å². The van der Waals surface area contributed by atoms with Crippen LogP contribution in [0.2, 0.25) is 0 Å². The first-order valence-electron chi connectivity index (χ1n) is 6.58. The first kappa shape index (κ1) is 14.8. The molecule has 2 N–H and O–H groups in total. The fourth-order valence-corrected chi connectivity index (χ4v) is 1.73. The second-order valence-electron chi connectivity index (χ2n) is 4.36. The number of carbonyl (C=O) groups is 1. The number of nitrogens with two attached hydrogens (primary N) is 1.